The molecule has 2 aromatic heterocycles. The van der Waals surface area contributed by atoms with E-state index in [0.717, 1.165) is 23.2 Å². The number of rotatable bonds is 5. The van der Waals surface area contributed by atoms with Crippen molar-refractivity contribution in [2.75, 3.05) is 13.6 Å². The minimum Gasteiger partial charge on any atom is -0.340 e. The number of nitrogens with one attached hydrogen (secondary N) is 1. The molecule has 5 heteroatoms. The van der Waals surface area contributed by atoms with Crippen molar-refractivity contribution in [2.24, 2.45) is 0 Å². The Balaban J connectivity index is 1.65. The SMILES string of the molecule is CN(CCc1ccncc1)C(=O)c1cc(-c2ccccc2)n[nH]1. The van der Waals surface area contributed by atoms with Crippen LogP contribution < -0.4 is 0 Å². The van der Waals surface area contributed by atoms with Crippen molar-refractivity contribution in [3.8, 4) is 11.3 Å². The van der Waals surface area contributed by atoms with Gasteiger partial charge in [0.2, 0.25) is 0 Å². The second-order valence-corrected chi connectivity index (χ2v) is 5.37. The standard InChI is InChI=1S/C18H18N4O/c1-22(12-9-14-7-10-19-11-8-14)18(23)17-13-16(20-21-17)15-5-3-2-4-6-15/h2-8,10-11,13H,9,12H2,1H3,(H,20,21). The number of likely N-dealkylation sites (N-methyl/N-ethyl adjacent to an activating group) is 1. The van der Waals surface area contributed by atoms with E-state index >= 15 is 0 Å². The van der Waals surface area contributed by atoms with Gasteiger partial charge in [0.05, 0.1) is 5.69 Å². The molecule has 23 heavy (non-hydrogen) atoms. The average Bonchev–Trinajstić information content (AvgIpc) is 3.11. The van der Waals surface area contributed by atoms with Gasteiger partial charge in [-0.1, -0.05) is 30.3 Å². The molecule has 3 aromatic rings. The third-order valence-electron chi connectivity index (χ3n) is 3.71. The second-order valence-electron chi connectivity index (χ2n) is 5.37. The van der Waals surface area contributed by atoms with Gasteiger partial charge >= 0.3 is 0 Å². The van der Waals surface area contributed by atoms with Crippen LogP contribution in [0.15, 0.2) is 60.9 Å². The summed E-state index contributed by atoms with van der Waals surface area (Å²) in [5, 5.41) is 7.06. The molecule has 0 atom stereocenters. The predicted molar refractivity (Wildman–Crippen MR) is 88.9 cm³/mol. The Morgan fingerprint density at radius 3 is 2.61 bits per heavy atom. The lowest BCUT2D eigenvalue weighted by atomic mass is 10.1. The summed E-state index contributed by atoms with van der Waals surface area (Å²) in [6, 6.07) is 15.5. The van der Waals surface area contributed by atoms with E-state index in [1.165, 1.54) is 0 Å². The summed E-state index contributed by atoms with van der Waals surface area (Å²) in [6.07, 6.45) is 4.32. The Bertz CT molecular complexity index is 768. The highest BCUT2D eigenvalue weighted by Gasteiger charge is 2.15. The predicted octanol–water partition coefficient (Wildman–Crippen LogP) is 2.79. The van der Waals surface area contributed by atoms with Crippen molar-refractivity contribution < 1.29 is 4.79 Å². The van der Waals surface area contributed by atoms with E-state index in [9.17, 15) is 4.79 Å². The molecular weight excluding hydrogens is 288 g/mol. The normalized spacial score (nSPS) is 10.5. The summed E-state index contributed by atoms with van der Waals surface area (Å²) in [6.45, 7) is 0.641. The number of H-pyrrole nitrogens is 1. The van der Waals surface area contributed by atoms with Gasteiger partial charge in [-0.15, -0.1) is 0 Å². The molecule has 0 unspecified atom stereocenters. The topological polar surface area (TPSA) is 61.9 Å². The first-order valence-electron chi connectivity index (χ1n) is 7.49. The fourth-order valence-corrected chi connectivity index (χ4v) is 2.34. The van der Waals surface area contributed by atoms with Crippen molar-refractivity contribution in [3.05, 3.63) is 72.2 Å². The summed E-state index contributed by atoms with van der Waals surface area (Å²) in [7, 11) is 1.80. The van der Waals surface area contributed by atoms with E-state index in [1.54, 1.807) is 30.4 Å². The number of amides is 1. The van der Waals surface area contributed by atoms with Crippen LogP contribution in [0.2, 0.25) is 0 Å². The smallest absolute Gasteiger partial charge is 0.271 e. The van der Waals surface area contributed by atoms with Gasteiger partial charge in [-0.25, -0.2) is 0 Å². The minimum atomic E-state index is -0.0614. The summed E-state index contributed by atoms with van der Waals surface area (Å²) >= 11 is 0. The van der Waals surface area contributed by atoms with Crippen LogP contribution in [0, 0.1) is 0 Å². The van der Waals surface area contributed by atoms with E-state index in [4.69, 9.17) is 0 Å². The Morgan fingerprint density at radius 1 is 1.13 bits per heavy atom. The Hall–Kier alpha value is -2.95. The van der Waals surface area contributed by atoms with Gasteiger partial charge < -0.3 is 4.90 Å². The van der Waals surface area contributed by atoms with Crippen LogP contribution in [0.5, 0.6) is 0 Å². The number of carbonyl (C=O) groups excluding carboxylic acids is 1. The fraction of sp³-hybridized carbons (Fsp3) is 0.167. The van der Waals surface area contributed by atoms with Gasteiger partial charge in [-0.3, -0.25) is 14.9 Å². The molecule has 0 fully saturated rings. The molecule has 0 radical (unpaired) electrons. The van der Waals surface area contributed by atoms with Gasteiger partial charge in [0.1, 0.15) is 5.69 Å². The summed E-state index contributed by atoms with van der Waals surface area (Å²) in [5.41, 5.74) is 3.43. The van der Waals surface area contributed by atoms with Crippen LogP contribution in [-0.2, 0) is 6.42 Å². The number of pyridine rings is 1. The van der Waals surface area contributed by atoms with E-state index in [-0.39, 0.29) is 5.91 Å². The zero-order chi connectivity index (χ0) is 16.1. The van der Waals surface area contributed by atoms with E-state index in [2.05, 4.69) is 15.2 Å². The van der Waals surface area contributed by atoms with Crippen molar-refractivity contribution in [1.82, 2.24) is 20.1 Å². The molecule has 5 nitrogen and oxygen atoms in total. The Labute approximate surface area is 135 Å². The van der Waals surface area contributed by atoms with Gasteiger partial charge in [0, 0.05) is 31.5 Å². The maximum Gasteiger partial charge on any atom is 0.271 e. The van der Waals surface area contributed by atoms with Crippen molar-refractivity contribution in [3.63, 3.8) is 0 Å². The number of aromatic nitrogens is 3. The van der Waals surface area contributed by atoms with Gasteiger partial charge in [0.25, 0.3) is 5.91 Å². The molecule has 2 heterocycles. The molecule has 0 aliphatic rings. The molecule has 0 saturated carbocycles. The van der Waals surface area contributed by atoms with Crippen LogP contribution in [0.3, 0.4) is 0 Å². The summed E-state index contributed by atoms with van der Waals surface area (Å²) in [4.78, 5) is 18.1. The van der Waals surface area contributed by atoms with Crippen LogP contribution >= 0.6 is 0 Å². The number of hydrogen-bond donors (Lipinski definition) is 1. The molecule has 0 saturated heterocycles. The van der Waals surface area contributed by atoms with Crippen molar-refractivity contribution >= 4 is 5.91 Å². The maximum absolute atomic E-state index is 12.5. The zero-order valence-corrected chi connectivity index (χ0v) is 12.9. The zero-order valence-electron chi connectivity index (χ0n) is 12.9. The summed E-state index contributed by atoms with van der Waals surface area (Å²) in [5.74, 6) is -0.0614. The number of benzene rings is 1. The molecule has 0 aliphatic heterocycles. The quantitative estimate of drug-likeness (QED) is 0.788. The minimum absolute atomic E-state index is 0.0614. The lowest BCUT2D eigenvalue weighted by molar-refractivity contribution is 0.0791. The molecule has 0 spiro atoms. The molecule has 0 bridgehead atoms. The second kappa shape index (κ2) is 6.87. The van der Waals surface area contributed by atoms with Gasteiger partial charge in [-0.2, -0.15) is 5.10 Å². The van der Waals surface area contributed by atoms with Crippen LogP contribution in [0.25, 0.3) is 11.3 Å². The maximum atomic E-state index is 12.5. The van der Waals surface area contributed by atoms with Gasteiger partial charge in [-0.05, 0) is 30.2 Å². The lowest BCUT2D eigenvalue weighted by Gasteiger charge is -2.15. The monoisotopic (exact) mass is 306 g/mol. The Kier molecular flexibility index (Phi) is 4.47. The van der Waals surface area contributed by atoms with Crippen LogP contribution in [0.4, 0.5) is 0 Å². The number of nitrogens with zero attached hydrogens (tertiary/aromatic N) is 3. The molecular formula is C18H18N4O. The van der Waals surface area contributed by atoms with Gasteiger partial charge in [0.15, 0.2) is 0 Å². The molecule has 1 amide bonds. The average molecular weight is 306 g/mol. The lowest BCUT2D eigenvalue weighted by Crippen LogP contribution is -2.29. The molecule has 3 rings (SSSR count). The highest BCUT2D eigenvalue weighted by molar-refractivity contribution is 5.93. The number of hydrogen-bond acceptors (Lipinski definition) is 3. The van der Waals surface area contributed by atoms with E-state index in [1.807, 2.05) is 42.5 Å². The molecule has 1 N–H and O–H groups in total. The highest BCUT2D eigenvalue weighted by Crippen LogP contribution is 2.17. The molecule has 0 aliphatic carbocycles. The third kappa shape index (κ3) is 3.63. The summed E-state index contributed by atoms with van der Waals surface area (Å²) < 4.78 is 0. The van der Waals surface area contributed by atoms with Crippen LogP contribution in [0.1, 0.15) is 16.1 Å². The van der Waals surface area contributed by atoms with E-state index < -0.39 is 0 Å². The fourth-order valence-electron chi connectivity index (χ4n) is 2.34. The van der Waals surface area contributed by atoms with Crippen molar-refractivity contribution in [1.29, 1.82) is 0 Å². The molecule has 116 valence electrons. The first-order chi connectivity index (χ1) is 11.2. The number of carbonyl (C=O) groups is 1. The molecule has 1 aromatic carbocycles. The highest BCUT2D eigenvalue weighted by atomic mass is 16.2. The number of aromatic amines is 1. The largest absolute Gasteiger partial charge is 0.340 e. The Morgan fingerprint density at radius 2 is 1.87 bits per heavy atom. The third-order valence-corrected chi connectivity index (χ3v) is 3.71. The first-order valence-corrected chi connectivity index (χ1v) is 7.49. The van der Waals surface area contributed by atoms with E-state index in [0.29, 0.717) is 12.2 Å². The van der Waals surface area contributed by atoms with Crippen molar-refractivity contribution in [2.45, 2.75) is 6.42 Å². The van der Waals surface area contributed by atoms with Crippen LogP contribution in [-0.4, -0.2) is 39.6 Å². The first kappa shape index (κ1) is 15.0.